The van der Waals surface area contributed by atoms with E-state index in [1.807, 2.05) is 0 Å². The first kappa shape index (κ1) is 15.7. The fourth-order valence-corrected chi connectivity index (χ4v) is 3.30. The lowest BCUT2D eigenvalue weighted by Gasteiger charge is -2.43. The van der Waals surface area contributed by atoms with Crippen LogP contribution in [0.25, 0.3) is 0 Å². The molecule has 0 aromatic rings. The van der Waals surface area contributed by atoms with Crippen LogP contribution >= 0.6 is 0 Å². The van der Waals surface area contributed by atoms with Crippen molar-refractivity contribution in [3.8, 4) is 0 Å². The molecule has 5 heteroatoms. The van der Waals surface area contributed by atoms with Crippen molar-refractivity contribution < 1.29 is 14.6 Å². The quantitative estimate of drug-likeness (QED) is 0.713. The average Bonchev–Trinajstić information content (AvgIpc) is 2.50. The van der Waals surface area contributed by atoms with Gasteiger partial charge in [0, 0.05) is 19.8 Å². The Morgan fingerprint density at radius 1 is 1.30 bits per heavy atom. The molecule has 1 aliphatic heterocycles. The first-order chi connectivity index (χ1) is 9.56. The molecule has 0 aromatic carbocycles. The van der Waals surface area contributed by atoms with Crippen molar-refractivity contribution >= 4 is 5.91 Å². The molecule has 4 N–H and O–H groups in total. The average molecular weight is 284 g/mol. The van der Waals surface area contributed by atoms with Gasteiger partial charge in [-0.2, -0.15) is 0 Å². The number of hydrogen-bond acceptors (Lipinski definition) is 4. The molecular formula is C15H28N2O3. The molecule has 1 saturated heterocycles. The van der Waals surface area contributed by atoms with Crippen molar-refractivity contribution in [1.82, 2.24) is 5.32 Å². The Kier molecular flexibility index (Phi) is 5.04. The molecule has 1 heterocycles. The van der Waals surface area contributed by atoms with E-state index >= 15 is 0 Å². The van der Waals surface area contributed by atoms with Crippen molar-refractivity contribution in [3.05, 3.63) is 0 Å². The Hall–Kier alpha value is -0.650. The van der Waals surface area contributed by atoms with Gasteiger partial charge in [-0.05, 0) is 44.4 Å². The summed E-state index contributed by atoms with van der Waals surface area (Å²) in [4.78, 5) is 12.7. The fraction of sp³-hybridized carbons (Fsp3) is 0.933. The standard InChI is InChI=1S/C15H28N2O3/c1-12-2-4-15(11-18,5-3-12)17-13(19)14(10-16)6-8-20-9-7-14/h12,18H,2-11,16H2,1H3,(H,17,19). The summed E-state index contributed by atoms with van der Waals surface area (Å²) in [5, 5.41) is 12.9. The summed E-state index contributed by atoms with van der Waals surface area (Å²) in [6, 6.07) is 0. The minimum Gasteiger partial charge on any atom is -0.394 e. The number of hydrogen-bond donors (Lipinski definition) is 3. The van der Waals surface area contributed by atoms with Crippen LogP contribution in [0.3, 0.4) is 0 Å². The van der Waals surface area contributed by atoms with E-state index < -0.39 is 11.0 Å². The Balaban J connectivity index is 2.04. The largest absolute Gasteiger partial charge is 0.394 e. The van der Waals surface area contributed by atoms with Crippen LogP contribution in [0.1, 0.15) is 45.4 Å². The van der Waals surface area contributed by atoms with Crippen molar-refractivity contribution in [2.24, 2.45) is 17.1 Å². The third-order valence-corrected chi connectivity index (χ3v) is 5.24. The van der Waals surface area contributed by atoms with Crippen LogP contribution in [0.15, 0.2) is 0 Å². The van der Waals surface area contributed by atoms with Crippen LogP contribution in [0, 0.1) is 11.3 Å². The first-order valence-corrected chi connectivity index (χ1v) is 7.77. The minimum absolute atomic E-state index is 0.00639. The summed E-state index contributed by atoms with van der Waals surface area (Å²) in [5.41, 5.74) is 4.92. The maximum Gasteiger partial charge on any atom is 0.228 e. The number of carbonyl (C=O) groups is 1. The summed E-state index contributed by atoms with van der Waals surface area (Å²) < 4.78 is 5.35. The van der Waals surface area contributed by atoms with E-state index in [-0.39, 0.29) is 12.5 Å². The Labute approximate surface area is 121 Å². The van der Waals surface area contributed by atoms with Gasteiger partial charge >= 0.3 is 0 Å². The molecular weight excluding hydrogens is 256 g/mol. The van der Waals surface area contributed by atoms with Crippen molar-refractivity contribution in [2.45, 2.75) is 51.0 Å². The summed E-state index contributed by atoms with van der Waals surface area (Å²) in [7, 11) is 0. The minimum atomic E-state index is -0.510. The normalized spacial score (nSPS) is 33.6. The lowest BCUT2D eigenvalue weighted by atomic mass is 9.74. The monoisotopic (exact) mass is 284 g/mol. The van der Waals surface area contributed by atoms with Gasteiger partial charge in [-0.25, -0.2) is 0 Å². The summed E-state index contributed by atoms with van der Waals surface area (Å²) in [6.07, 6.45) is 5.17. The van der Waals surface area contributed by atoms with Crippen LogP contribution in [0.5, 0.6) is 0 Å². The van der Waals surface area contributed by atoms with Gasteiger partial charge in [0.15, 0.2) is 0 Å². The van der Waals surface area contributed by atoms with Gasteiger partial charge in [-0.3, -0.25) is 4.79 Å². The van der Waals surface area contributed by atoms with E-state index in [2.05, 4.69) is 12.2 Å². The second-order valence-corrected chi connectivity index (χ2v) is 6.67. The van der Waals surface area contributed by atoms with Crippen LogP contribution in [-0.2, 0) is 9.53 Å². The highest BCUT2D eigenvalue weighted by atomic mass is 16.5. The highest BCUT2D eigenvalue weighted by Crippen LogP contribution is 2.35. The van der Waals surface area contributed by atoms with Gasteiger partial charge in [0.25, 0.3) is 0 Å². The van der Waals surface area contributed by atoms with Gasteiger partial charge in [0.2, 0.25) is 5.91 Å². The van der Waals surface area contributed by atoms with Crippen molar-refractivity contribution in [3.63, 3.8) is 0 Å². The SMILES string of the molecule is CC1CCC(CO)(NC(=O)C2(CN)CCOCC2)CC1. The number of nitrogens with one attached hydrogen (secondary N) is 1. The van der Waals surface area contributed by atoms with E-state index in [0.717, 1.165) is 25.7 Å². The van der Waals surface area contributed by atoms with Gasteiger partial charge in [0.1, 0.15) is 0 Å². The van der Waals surface area contributed by atoms with Crippen molar-refractivity contribution in [1.29, 1.82) is 0 Å². The topological polar surface area (TPSA) is 84.6 Å². The number of ether oxygens (including phenoxy) is 1. The van der Waals surface area contributed by atoms with Gasteiger partial charge in [-0.1, -0.05) is 6.92 Å². The second kappa shape index (κ2) is 6.41. The zero-order valence-electron chi connectivity index (χ0n) is 12.5. The lowest BCUT2D eigenvalue weighted by molar-refractivity contribution is -0.139. The molecule has 20 heavy (non-hydrogen) atoms. The maximum absolute atomic E-state index is 12.7. The van der Waals surface area contributed by atoms with Crippen LogP contribution in [0.4, 0.5) is 0 Å². The predicted octanol–water partition coefficient (Wildman–Crippen LogP) is 0.799. The molecule has 2 aliphatic rings. The second-order valence-electron chi connectivity index (χ2n) is 6.67. The molecule has 1 saturated carbocycles. The Morgan fingerprint density at radius 3 is 2.40 bits per heavy atom. The summed E-state index contributed by atoms with van der Waals surface area (Å²) in [5.74, 6) is 0.685. The lowest BCUT2D eigenvalue weighted by Crippen LogP contribution is -2.59. The van der Waals surface area contributed by atoms with E-state index in [9.17, 15) is 9.90 Å². The number of carbonyl (C=O) groups excluding carboxylic acids is 1. The van der Waals surface area contributed by atoms with E-state index in [0.29, 0.717) is 38.5 Å². The number of nitrogens with two attached hydrogens (primary N) is 1. The number of aliphatic hydroxyl groups is 1. The molecule has 0 spiro atoms. The molecule has 0 atom stereocenters. The molecule has 0 bridgehead atoms. The van der Waals surface area contributed by atoms with Crippen LogP contribution in [-0.4, -0.2) is 42.9 Å². The number of amides is 1. The van der Waals surface area contributed by atoms with Crippen LogP contribution < -0.4 is 11.1 Å². The maximum atomic E-state index is 12.7. The summed E-state index contributed by atoms with van der Waals surface area (Å²) >= 11 is 0. The summed E-state index contributed by atoms with van der Waals surface area (Å²) in [6.45, 7) is 3.77. The molecule has 1 aliphatic carbocycles. The van der Waals surface area contributed by atoms with E-state index in [1.165, 1.54) is 0 Å². The Morgan fingerprint density at radius 2 is 1.90 bits per heavy atom. The van der Waals surface area contributed by atoms with E-state index in [1.54, 1.807) is 0 Å². The molecule has 0 unspecified atom stereocenters. The molecule has 0 aromatic heterocycles. The van der Waals surface area contributed by atoms with Gasteiger partial charge in [0.05, 0.1) is 17.6 Å². The zero-order valence-corrected chi connectivity index (χ0v) is 12.5. The smallest absolute Gasteiger partial charge is 0.228 e. The van der Waals surface area contributed by atoms with E-state index in [4.69, 9.17) is 10.5 Å². The van der Waals surface area contributed by atoms with Gasteiger partial charge < -0.3 is 20.9 Å². The predicted molar refractivity (Wildman–Crippen MR) is 77.1 cm³/mol. The first-order valence-electron chi connectivity index (χ1n) is 7.77. The third kappa shape index (κ3) is 3.15. The number of rotatable bonds is 4. The van der Waals surface area contributed by atoms with Gasteiger partial charge in [-0.15, -0.1) is 0 Å². The molecule has 5 nitrogen and oxygen atoms in total. The molecule has 1 amide bonds. The fourth-order valence-electron chi connectivity index (χ4n) is 3.30. The highest BCUT2D eigenvalue weighted by molar-refractivity contribution is 5.83. The third-order valence-electron chi connectivity index (χ3n) is 5.24. The molecule has 0 radical (unpaired) electrons. The molecule has 116 valence electrons. The number of aliphatic hydroxyl groups excluding tert-OH is 1. The molecule has 2 rings (SSSR count). The van der Waals surface area contributed by atoms with Crippen molar-refractivity contribution in [2.75, 3.05) is 26.4 Å². The zero-order chi connectivity index (χ0) is 14.6. The molecule has 2 fully saturated rings. The van der Waals surface area contributed by atoms with Crippen LogP contribution in [0.2, 0.25) is 0 Å². The Bertz CT molecular complexity index is 332. The highest BCUT2D eigenvalue weighted by Gasteiger charge is 2.43.